The Bertz CT molecular complexity index is 986. The van der Waals surface area contributed by atoms with Crippen molar-refractivity contribution in [3.05, 3.63) is 70.0 Å². The van der Waals surface area contributed by atoms with E-state index in [9.17, 15) is 13.6 Å². The Morgan fingerprint density at radius 2 is 1.96 bits per heavy atom. The summed E-state index contributed by atoms with van der Waals surface area (Å²) in [5.41, 5.74) is 1.33. The highest BCUT2D eigenvalue weighted by Gasteiger charge is 2.18. The molecule has 134 valence electrons. The fourth-order valence-corrected chi connectivity index (χ4v) is 2.68. The maximum absolute atomic E-state index is 13.3. The molecule has 0 unspecified atom stereocenters. The lowest BCUT2D eigenvalue weighted by atomic mass is 10.2. The molecule has 0 amide bonds. The average Bonchev–Trinajstić information content (AvgIpc) is 2.99. The molecule has 0 aliphatic rings. The largest absolute Gasteiger partial charge is 0.454 e. The number of alkyl halides is 2. The van der Waals surface area contributed by atoms with Crippen molar-refractivity contribution in [2.24, 2.45) is 0 Å². The smallest absolute Gasteiger partial charge is 0.331 e. The van der Waals surface area contributed by atoms with E-state index in [0.717, 1.165) is 4.57 Å². The van der Waals surface area contributed by atoms with Crippen LogP contribution in [0.4, 0.5) is 8.78 Å². The molecule has 0 radical (unpaired) electrons. The highest BCUT2D eigenvalue weighted by molar-refractivity contribution is 6.42. The van der Waals surface area contributed by atoms with Gasteiger partial charge in [-0.05, 0) is 35.9 Å². The zero-order chi connectivity index (χ0) is 18.7. The molecule has 4 nitrogen and oxygen atoms in total. The number of halogens is 4. The standard InChI is InChI=1S/C18H12Cl2F2N2O2/c19-12-7-5-11(9-13(12)20)6-8-17(25)26-10-16-23-14-3-1-2-4-15(14)24(16)18(21)22/h1-9,18H,10H2. The van der Waals surface area contributed by atoms with Crippen molar-refractivity contribution in [2.75, 3.05) is 0 Å². The van der Waals surface area contributed by atoms with Crippen molar-refractivity contribution < 1.29 is 18.3 Å². The number of carbonyl (C=O) groups excluding carboxylic acids is 1. The van der Waals surface area contributed by atoms with Crippen molar-refractivity contribution in [2.45, 2.75) is 13.2 Å². The molecule has 0 bridgehead atoms. The lowest BCUT2D eigenvalue weighted by molar-refractivity contribution is -0.139. The lowest BCUT2D eigenvalue weighted by Gasteiger charge is -2.07. The molecule has 0 N–H and O–H groups in total. The number of fused-ring (bicyclic) bond motifs is 1. The zero-order valence-corrected chi connectivity index (χ0v) is 14.7. The van der Waals surface area contributed by atoms with Crippen molar-refractivity contribution in [3.8, 4) is 0 Å². The van der Waals surface area contributed by atoms with E-state index in [0.29, 0.717) is 21.1 Å². The van der Waals surface area contributed by atoms with E-state index in [2.05, 4.69) is 4.98 Å². The minimum atomic E-state index is -2.79. The number of hydrogen-bond acceptors (Lipinski definition) is 3. The van der Waals surface area contributed by atoms with Crippen molar-refractivity contribution in [3.63, 3.8) is 0 Å². The number of para-hydroxylation sites is 2. The van der Waals surface area contributed by atoms with Gasteiger partial charge in [0.15, 0.2) is 5.82 Å². The van der Waals surface area contributed by atoms with Crippen molar-refractivity contribution in [1.82, 2.24) is 9.55 Å². The van der Waals surface area contributed by atoms with Gasteiger partial charge in [-0.2, -0.15) is 8.78 Å². The highest BCUT2D eigenvalue weighted by atomic mass is 35.5. The van der Waals surface area contributed by atoms with Gasteiger partial charge in [-0.3, -0.25) is 4.57 Å². The third kappa shape index (κ3) is 4.03. The van der Waals surface area contributed by atoms with Crippen LogP contribution < -0.4 is 0 Å². The quantitative estimate of drug-likeness (QED) is 0.422. The molecule has 0 aliphatic carbocycles. The molecular weight excluding hydrogens is 385 g/mol. The normalized spacial score (nSPS) is 11.6. The first-order chi connectivity index (χ1) is 12.5. The van der Waals surface area contributed by atoms with Crippen LogP contribution >= 0.6 is 23.2 Å². The maximum Gasteiger partial charge on any atom is 0.331 e. The van der Waals surface area contributed by atoms with E-state index in [1.54, 1.807) is 36.4 Å². The van der Waals surface area contributed by atoms with Gasteiger partial charge >= 0.3 is 12.5 Å². The topological polar surface area (TPSA) is 44.1 Å². The number of ether oxygens (including phenoxy) is 1. The molecule has 0 atom stereocenters. The number of rotatable bonds is 5. The second kappa shape index (κ2) is 7.85. The molecule has 1 aromatic heterocycles. The zero-order valence-electron chi connectivity index (χ0n) is 13.2. The number of imidazole rings is 1. The first-order valence-corrected chi connectivity index (χ1v) is 8.25. The van der Waals surface area contributed by atoms with Gasteiger partial charge in [-0.15, -0.1) is 0 Å². The summed E-state index contributed by atoms with van der Waals surface area (Å²) < 4.78 is 32.4. The van der Waals surface area contributed by atoms with Crippen LogP contribution in [0.2, 0.25) is 10.0 Å². The van der Waals surface area contributed by atoms with Crippen LogP contribution in [0.15, 0.2) is 48.5 Å². The van der Waals surface area contributed by atoms with Gasteiger partial charge in [0.2, 0.25) is 0 Å². The van der Waals surface area contributed by atoms with Crippen molar-refractivity contribution >= 4 is 46.3 Å². The summed E-state index contributed by atoms with van der Waals surface area (Å²) >= 11 is 11.7. The number of carbonyl (C=O) groups is 1. The van der Waals surface area contributed by atoms with Crippen LogP contribution in [0, 0.1) is 0 Å². The number of hydrogen-bond donors (Lipinski definition) is 0. The fourth-order valence-electron chi connectivity index (χ4n) is 2.38. The molecule has 0 fully saturated rings. The molecule has 3 aromatic rings. The van der Waals surface area contributed by atoms with Crippen LogP contribution in [0.3, 0.4) is 0 Å². The molecule has 0 saturated heterocycles. The van der Waals surface area contributed by atoms with Crippen LogP contribution in [-0.2, 0) is 16.1 Å². The SMILES string of the molecule is O=C(C=Cc1ccc(Cl)c(Cl)c1)OCc1nc2ccccc2n1C(F)F. The Kier molecular flexibility index (Phi) is 5.54. The summed E-state index contributed by atoms with van der Waals surface area (Å²) in [6, 6.07) is 11.3. The van der Waals surface area contributed by atoms with Crippen molar-refractivity contribution in [1.29, 1.82) is 0 Å². The first kappa shape index (κ1) is 18.4. The molecule has 3 rings (SSSR count). The van der Waals surface area contributed by atoms with Gasteiger partial charge < -0.3 is 4.74 Å². The Balaban J connectivity index is 1.71. The fraction of sp³-hybridized carbons (Fsp3) is 0.111. The van der Waals surface area contributed by atoms with Gasteiger partial charge in [0, 0.05) is 6.08 Å². The van der Waals surface area contributed by atoms with Gasteiger partial charge in [-0.1, -0.05) is 41.4 Å². The van der Waals surface area contributed by atoms with E-state index in [1.807, 2.05) is 0 Å². The predicted octanol–water partition coefficient (Wildman–Crippen LogP) is 5.49. The minimum Gasteiger partial charge on any atom is -0.454 e. The molecular formula is C18H12Cl2F2N2O2. The summed E-state index contributed by atoms with van der Waals surface area (Å²) in [6.07, 6.45) is 2.66. The van der Waals surface area contributed by atoms with Gasteiger partial charge in [0.05, 0.1) is 21.1 Å². The Hall–Kier alpha value is -2.44. The molecule has 1 heterocycles. The number of benzene rings is 2. The highest BCUT2D eigenvalue weighted by Crippen LogP contribution is 2.24. The second-order valence-corrected chi connectivity index (χ2v) is 6.09. The van der Waals surface area contributed by atoms with Crippen LogP contribution in [0.1, 0.15) is 17.9 Å². The average molecular weight is 397 g/mol. The summed E-state index contributed by atoms with van der Waals surface area (Å²) in [7, 11) is 0. The molecule has 2 aromatic carbocycles. The van der Waals surface area contributed by atoms with Crippen LogP contribution in [0.25, 0.3) is 17.1 Å². The third-order valence-electron chi connectivity index (χ3n) is 3.56. The monoisotopic (exact) mass is 396 g/mol. The van der Waals surface area contributed by atoms with E-state index >= 15 is 0 Å². The number of aromatic nitrogens is 2. The summed E-state index contributed by atoms with van der Waals surface area (Å²) in [6.45, 7) is -3.16. The Labute approximate surface area is 157 Å². The van der Waals surface area contributed by atoms with E-state index in [-0.39, 0.29) is 17.9 Å². The summed E-state index contributed by atoms with van der Waals surface area (Å²) in [4.78, 5) is 15.9. The van der Waals surface area contributed by atoms with Gasteiger partial charge in [-0.25, -0.2) is 9.78 Å². The molecule has 26 heavy (non-hydrogen) atoms. The minimum absolute atomic E-state index is 0.0301. The van der Waals surface area contributed by atoms with Gasteiger partial charge in [0.1, 0.15) is 6.61 Å². The molecule has 0 spiro atoms. The predicted molar refractivity (Wildman–Crippen MR) is 96.3 cm³/mol. The second-order valence-electron chi connectivity index (χ2n) is 5.28. The van der Waals surface area contributed by atoms with E-state index < -0.39 is 12.5 Å². The number of esters is 1. The van der Waals surface area contributed by atoms with Crippen LogP contribution in [0.5, 0.6) is 0 Å². The lowest BCUT2D eigenvalue weighted by Crippen LogP contribution is -2.09. The molecule has 0 aliphatic heterocycles. The first-order valence-electron chi connectivity index (χ1n) is 7.49. The Morgan fingerprint density at radius 1 is 1.19 bits per heavy atom. The Morgan fingerprint density at radius 3 is 2.69 bits per heavy atom. The van der Waals surface area contributed by atoms with Gasteiger partial charge in [0.25, 0.3) is 0 Å². The van der Waals surface area contributed by atoms with E-state index in [4.69, 9.17) is 27.9 Å². The van der Waals surface area contributed by atoms with E-state index in [1.165, 1.54) is 18.2 Å². The summed E-state index contributed by atoms with van der Waals surface area (Å²) in [5.74, 6) is -0.721. The molecule has 8 heteroatoms. The van der Waals surface area contributed by atoms with Crippen LogP contribution in [-0.4, -0.2) is 15.5 Å². The maximum atomic E-state index is 13.3. The summed E-state index contributed by atoms with van der Waals surface area (Å²) in [5, 5.41) is 0.755. The third-order valence-corrected chi connectivity index (χ3v) is 4.30. The molecule has 0 saturated carbocycles. The number of nitrogens with zero attached hydrogens (tertiary/aromatic N) is 2.